The van der Waals surface area contributed by atoms with Gasteiger partial charge in [0.05, 0.1) is 6.54 Å². The Hall–Kier alpha value is -1.83. The van der Waals surface area contributed by atoms with Crippen LogP contribution in [0.1, 0.15) is 17.7 Å². The predicted molar refractivity (Wildman–Crippen MR) is 99.7 cm³/mol. The molecule has 132 valence electrons. The maximum atomic E-state index is 6.18. The van der Waals surface area contributed by atoms with Gasteiger partial charge < -0.3 is 9.73 Å². The van der Waals surface area contributed by atoms with Crippen molar-refractivity contribution in [2.24, 2.45) is 7.05 Å². The number of hydrogen-bond donors (Lipinski definition) is 1. The predicted octanol–water partition coefficient (Wildman–Crippen LogP) is 3.70. The van der Waals surface area contributed by atoms with E-state index in [9.17, 15) is 0 Å². The van der Waals surface area contributed by atoms with Crippen molar-refractivity contribution in [2.45, 2.75) is 25.0 Å². The molecule has 0 saturated heterocycles. The highest BCUT2D eigenvalue weighted by Crippen LogP contribution is 2.26. The van der Waals surface area contributed by atoms with Gasteiger partial charge in [-0.25, -0.2) is 4.68 Å². The van der Waals surface area contributed by atoms with Crippen molar-refractivity contribution in [1.29, 1.82) is 0 Å². The lowest BCUT2D eigenvalue weighted by Gasteiger charge is -2.03. The summed E-state index contributed by atoms with van der Waals surface area (Å²) in [6.07, 6.45) is 1.03. The van der Waals surface area contributed by atoms with Crippen molar-refractivity contribution in [3.63, 3.8) is 0 Å². The third-order valence-corrected chi connectivity index (χ3v) is 5.23. The summed E-state index contributed by atoms with van der Waals surface area (Å²) in [7, 11) is 1.84. The number of aromatic nitrogens is 4. The van der Waals surface area contributed by atoms with E-state index >= 15 is 0 Å². The highest BCUT2D eigenvalue weighted by molar-refractivity contribution is 7.99. The Morgan fingerprint density at radius 2 is 2.16 bits per heavy atom. The fourth-order valence-corrected chi connectivity index (χ4v) is 3.26. The molecule has 0 amide bonds. The van der Waals surface area contributed by atoms with Gasteiger partial charge in [-0.2, -0.15) is 0 Å². The van der Waals surface area contributed by atoms with Crippen molar-refractivity contribution in [1.82, 2.24) is 25.5 Å². The molecule has 0 saturated carbocycles. The third-order valence-electron chi connectivity index (χ3n) is 3.73. The second-order valence-electron chi connectivity index (χ2n) is 5.69. The Labute approximate surface area is 155 Å². The first-order valence-electron chi connectivity index (χ1n) is 8.04. The van der Waals surface area contributed by atoms with Gasteiger partial charge in [-0.3, -0.25) is 0 Å². The largest absolute Gasteiger partial charge is 0.460 e. The summed E-state index contributed by atoms with van der Waals surface area (Å²) in [6.45, 7) is 3.60. The number of hydrogen-bond acceptors (Lipinski definition) is 6. The van der Waals surface area contributed by atoms with Crippen LogP contribution < -0.4 is 5.32 Å². The summed E-state index contributed by atoms with van der Waals surface area (Å²) >= 11 is 7.83. The Balaban J connectivity index is 1.41. The number of thioether (sulfide) groups is 1. The number of halogens is 1. The lowest BCUT2D eigenvalue weighted by molar-refractivity contribution is 0.494. The van der Waals surface area contributed by atoms with Crippen molar-refractivity contribution >= 4 is 23.4 Å². The first-order chi connectivity index (χ1) is 12.1. The van der Waals surface area contributed by atoms with E-state index in [0.29, 0.717) is 6.54 Å². The Morgan fingerprint density at radius 3 is 2.92 bits per heavy atom. The van der Waals surface area contributed by atoms with E-state index in [2.05, 4.69) is 20.8 Å². The molecule has 0 aliphatic heterocycles. The second-order valence-corrected chi connectivity index (χ2v) is 7.16. The first kappa shape index (κ1) is 18.0. The van der Waals surface area contributed by atoms with E-state index in [0.717, 1.165) is 51.5 Å². The van der Waals surface area contributed by atoms with E-state index in [-0.39, 0.29) is 0 Å². The number of nitrogens with zero attached hydrogens (tertiary/aromatic N) is 4. The molecule has 0 atom stereocenters. The number of benzene rings is 1. The number of furan rings is 1. The lowest BCUT2D eigenvalue weighted by Crippen LogP contribution is -2.14. The SMILES string of the molecule is Cc1ccc(-c2ccc(CNCCCSc3nnnn3C)o2)cc1Cl. The highest BCUT2D eigenvalue weighted by Gasteiger charge is 2.07. The maximum Gasteiger partial charge on any atom is 0.209 e. The minimum absolute atomic E-state index is 0.704. The normalized spacial score (nSPS) is 11.2. The van der Waals surface area contributed by atoms with Crippen LogP contribution in [0.25, 0.3) is 11.3 Å². The van der Waals surface area contributed by atoms with Crippen LogP contribution >= 0.6 is 23.4 Å². The van der Waals surface area contributed by atoms with Crippen LogP contribution in [0.2, 0.25) is 5.02 Å². The molecule has 2 aromatic heterocycles. The van der Waals surface area contributed by atoms with Crippen molar-refractivity contribution < 1.29 is 4.42 Å². The molecule has 0 fully saturated rings. The zero-order chi connectivity index (χ0) is 17.6. The van der Waals surface area contributed by atoms with Gasteiger partial charge in [0.1, 0.15) is 11.5 Å². The topological polar surface area (TPSA) is 68.8 Å². The molecule has 0 unspecified atom stereocenters. The van der Waals surface area contributed by atoms with Gasteiger partial charge in [0.15, 0.2) is 0 Å². The van der Waals surface area contributed by atoms with Gasteiger partial charge in [0, 0.05) is 23.4 Å². The van der Waals surface area contributed by atoms with E-state index in [1.54, 1.807) is 16.4 Å². The van der Waals surface area contributed by atoms with Crippen molar-refractivity contribution in [3.05, 3.63) is 46.7 Å². The van der Waals surface area contributed by atoms with Crippen LogP contribution in [0.5, 0.6) is 0 Å². The summed E-state index contributed by atoms with van der Waals surface area (Å²) < 4.78 is 7.57. The molecule has 8 heteroatoms. The molecule has 0 aliphatic carbocycles. The van der Waals surface area contributed by atoms with E-state index in [4.69, 9.17) is 16.0 Å². The van der Waals surface area contributed by atoms with Crippen LogP contribution in [0.15, 0.2) is 39.9 Å². The molecule has 0 spiro atoms. The summed E-state index contributed by atoms with van der Waals surface area (Å²) in [5.74, 6) is 2.72. The van der Waals surface area contributed by atoms with Gasteiger partial charge in [-0.1, -0.05) is 35.5 Å². The Morgan fingerprint density at radius 1 is 1.28 bits per heavy atom. The van der Waals surface area contributed by atoms with Gasteiger partial charge >= 0.3 is 0 Å². The first-order valence-corrected chi connectivity index (χ1v) is 9.41. The zero-order valence-electron chi connectivity index (χ0n) is 14.2. The van der Waals surface area contributed by atoms with Crippen LogP contribution in [0.4, 0.5) is 0 Å². The average molecular weight is 378 g/mol. The average Bonchev–Trinajstić information content (AvgIpc) is 3.23. The van der Waals surface area contributed by atoms with E-state index < -0.39 is 0 Å². The molecular weight excluding hydrogens is 358 g/mol. The molecule has 0 radical (unpaired) electrons. The molecule has 25 heavy (non-hydrogen) atoms. The number of aryl methyl sites for hydroxylation is 2. The highest BCUT2D eigenvalue weighted by atomic mass is 35.5. The molecule has 0 aliphatic rings. The molecule has 6 nitrogen and oxygen atoms in total. The summed E-state index contributed by atoms with van der Waals surface area (Å²) in [6, 6.07) is 9.94. The van der Waals surface area contributed by atoms with Gasteiger partial charge in [0.2, 0.25) is 5.16 Å². The van der Waals surface area contributed by atoms with Crippen molar-refractivity contribution in [3.8, 4) is 11.3 Å². The van der Waals surface area contributed by atoms with Gasteiger partial charge in [-0.15, -0.1) is 5.10 Å². The molecule has 1 N–H and O–H groups in total. The maximum absolute atomic E-state index is 6.18. The lowest BCUT2D eigenvalue weighted by atomic mass is 10.1. The van der Waals surface area contributed by atoms with E-state index in [1.807, 2.05) is 44.3 Å². The summed E-state index contributed by atoms with van der Waals surface area (Å²) in [5, 5.41) is 16.4. The molecule has 3 aromatic rings. The van der Waals surface area contributed by atoms with E-state index in [1.165, 1.54) is 0 Å². The quantitative estimate of drug-likeness (QED) is 0.476. The number of rotatable bonds is 8. The number of nitrogens with one attached hydrogen (secondary N) is 1. The standard InChI is InChI=1S/C17H20ClN5OS/c1-12-4-5-13(10-15(12)18)16-7-6-14(24-16)11-19-8-3-9-25-17-20-21-22-23(17)2/h4-7,10,19H,3,8-9,11H2,1-2H3. The molecule has 2 heterocycles. The fourth-order valence-electron chi connectivity index (χ4n) is 2.29. The Kier molecular flexibility index (Phi) is 6.12. The Bertz CT molecular complexity index is 832. The monoisotopic (exact) mass is 377 g/mol. The van der Waals surface area contributed by atoms with Crippen LogP contribution in [-0.2, 0) is 13.6 Å². The second kappa shape index (κ2) is 8.51. The van der Waals surface area contributed by atoms with Crippen LogP contribution in [0.3, 0.4) is 0 Å². The third kappa shape index (κ3) is 4.84. The van der Waals surface area contributed by atoms with Crippen LogP contribution in [-0.4, -0.2) is 32.5 Å². The molecule has 1 aromatic carbocycles. The van der Waals surface area contributed by atoms with Crippen LogP contribution in [0, 0.1) is 6.92 Å². The summed E-state index contributed by atoms with van der Waals surface area (Å²) in [4.78, 5) is 0. The zero-order valence-corrected chi connectivity index (χ0v) is 15.8. The van der Waals surface area contributed by atoms with Gasteiger partial charge in [0.25, 0.3) is 0 Å². The minimum atomic E-state index is 0.704. The van der Waals surface area contributed by atoms with Crippen molar-refractivity contribution in [2.75, 3.05) is 12.3 Å². The summed E-state index contributed by atoms with van der Waals surface area (Å²) in [5.41, 5.74) is 2.06. The minimum Gasteiger partial charge on any atom is -0.460 e. The number of tetrazole rings is 1. The molecule has 3 rings (SSSR count). The molecule has 0 bridgehead atoms. The molecular formula is C17H20ClN5OS. The fraction of sp³-hybridized carbons (Fsp3) is 0.353. The van der Waals surface area contributed by atoms with Gasteiger partial charge in [-0.05, 0) is 54.1 Å². The smallest absolute Gasteiger partial charge is 0.209 e.